The van der Waals surface area contributed by atoms with E-state index in [9.17, 15) is 4.79 Å². The highest BCUT2D eigenvalue weighted by Crippen LogP contribution is 2.35. The standard InChI is InChI=1S/C12H13Cl2NO/c1-8-7-9(16)5-6-15(8)11-4-2-3-10(13)12(11)14/h2-4,8H,5-7H2,1H3. The fourth-order valence-electron chi connectivity index (χ4n) is 2.08. The highest BCUT2D eigenvalue weighted by atomic mass is 35.5. The fraction of sp³-hybridized carbons (Fsp3) is 0.417. The lowest BCUT2D eigenvalue weighted by Crippen LogP contribution is -2.41. The monoisotopic (exact) mass is 257 g/mol. The van der Waals surface area contributed by atoms with E-state index in [4.69, 9.17) is 23.2 Å². The summed E-state index contributed by atoms with van der Waals surface area (Å²) in [7, 11) is 0. The average molecular weight is 258 g/mol. The van der Waals surface area contributed by atoms with Gasteiger partial charge < -0.3 is 4.90 Å². The largest absolute Gasteiger partial charge is 0.367 e. The molecule has 2 nitrogen and oxygen atoms in total. The maximum absolute atomic E-state index is 11.3. The molecule has 4 heteroatoms. The van der Waals surface area contributed by atoms with Gasteiger partial charge in [-0.05, 0) is 19.1 Å². The van der Waals surface area contributed by atoms with Gasteiger partial charge in [-0.25, -0.2) is 0 Å². The van der Waals surface area contributed by atoms with Crippen LogP contribution in [-0.4, -0.2) is 18.4 Å². The van der Waals surface area contributed by atoms with Crippen molar-refractivity contribution in [2.75, 3.05) is 11.4 Å². The Morgan fingerprint density at radius 3 is 2.81 bits per heavy atom. The number of hydrogen-bond donors (Lipinski definition) is 0. The second-order valence-electron chi connectivity index (χ2n) is 4.11. The number of Topliss-reactive ketones (excluding diaryl/α,β-unsaturated/α-hetero) is 1. The van der Waals surface area contributed by atoms with Crippen LogP contribution >= 0.6 is 23.2 Å². The van der Waals surface area contributed by atoms with E-state index in [0.29, 0.717) is 28.7 Å². The molecule has 0 radical (unpaired) electrons. The van der Waals surface area contributed by atoms with Crippen LogP contribution in [0.4, 0.5) is 5.69 Å². The molecule has 1 aliphatic heterocycles. The molecule has 16 heavy (non-hydrogen) atoms. The minimum absolute atomic E-state index is 0.192. The Balaban J connectivity index is 2.30. The second-order valence-corrected chi connectivity index (χ2v) is 4.89. The second kappa shape index (κ2) is 4.64. The molecule has 0 amide bonds. The number of carbonyl (C=O) groups is 1. The molecule has 1 aromatic carbocycles. The first-order valence-corrected chi connectivity index (χ1v) is 6.07. The normalized spacial score (nSPS) is 21.3. The van der Waals surface area contributed by atoms with Crippen LogP contribution in [0.1, 0.15) is 19.8 Å². The van der Waals surface area contributed by atoms with Crippen molar-refractivity contribution in [2.45, 2.75) is 25.8 Å². The smallest absolute Gasteiger partial charge is 0.136 e. The summed E-state index contributed by atoms with van der Waals surface area (Å²) in [6.45, 7) is 2.76. The lowest BCUT2D eigenvalue weighted by molar-refractivity contribution is -0.120. The Bertz CT molecular complexity index is 419. The van der Waals surface area contributed by atoms with Gasteiger partial charge in [-0.3, -0.25) is 4.79 Å². The van der Waals surface area contributed by atoms with Gasteiger partial charge in [0.25, 0.3) is 0 Å². The number of benzene rings is 1. The van der Waals surface area contributed by atoms with Crippen molar-refractivity contribution in [3.63, 3.8) is 0 Å². The third-order valence-electron chi connectivity index (χ3n) is 2.93. The molecule has 86 valence electrons. The Hall–Kier alpha value is -0.730. The molecular weight excluding hydrogens is 245 g/mol. The van der Waals surface area contributed by atoms with Crippen LogP contribution in [0, 0.1) is 0 Å². The molecule has 0 N–H and O–H groups in total. The van der Waals surface area contributed by atoms with E-state index in [0.717, 1.165) is 12.2 Å². The number of ketones is 1. The zero-order valence-corrected chi connectivity index (χ0v) is 10.6. The molecule has 1 saturated heterocycles. The Kier molecular flexibility index (Phi) is 3.41. The van der Waals surface area contributed by atoms with Gasteiger partial charge in [-0.2, -0.15) is 0 Å². The van der Waals surface area contributed by atoms with Crippen molar-refractivity contribution in [3.8, 4) is 0 Å². The summed E-state index contributed by atoms with van der Waals surface area (Å²) >= 11 is 12.2. The van der Waals surface area contributed by atoms with Crippen LogP contribution in [0.15, 0.2) is 18.2 Å². The summed E-state index contributed by atoms with van der Waals surface area (Å²) in [6, 6.07) is 5.79. The number of carbonyl (C=O) groups excluding carboxylic acids is 1. The zero-order chi connectivity index (χ0) is 11.7. The molecule has 1 unspecified atom stereocenters. The van der Waals surface area contributed by atoms with Gasteiger partial charge in [-0.1, -0.05) is 29.3 Å². The highest BCUT2D eigenvalue weighted by Gasteiger charge is 2.25. The van der Waals surface area contributed by atoms with Gasteiger partial charge in [0.05, 0.1) is 15.7 Å². The van der Waals surface area contributed by atoms with Gasteiger partial charge >= 0.3 is 0 Å². The first-order chi connectivity index (χ1) is 7.59. The number of rotatable bonds is 1. The van der Waals surface area contributed by atoms with Crippen LogP contribution in [0.2, 0.25) is 10.0 Å². The summed E-state index contributed by atoms with van der Waals surface area (Å²) < 4.78 is 0. The van der Waals surface area contributed by atoms with Gasteiger partial charge in [0.2, 0.25) is 0 Å². The van der Waals surface area contributed by atoms with E-state index < -0.39 is 0 Å². The number of hydrogen-bond acceptors (Lipinski definition) is 2. The van der Waals surface area contributed by atoms with Crippen molar-refractivity contribution < 1.29 is 4.79 Å². The van der Waals surface area contributed by atoms with E-state index in [1.54, 1.807) is 6.07 Å². The SMILES string of the molecule is CC1CC(=O)CCN1c1cccc(Cl)c1Cl. The van der Waals surface area contributed by atoms with E-state index >= 15 is 0 Å². The third-order valence-corrected chi connectivity index (χ3v) is 3.74. The van der Waals surface area contributed by atoms with Crippen LogP contribution in [0.5, 0.6) is 0 Å². The number of nitrogens with zero attached hydrogens (tertiary/aromatic N) is 1. The third kappa shape index (κ3) is 2.18. The lowest BCUT2D eigenvalue weighted by Gasteiger charge is -2.35. The van der Waals surface area contributed by atoms with E-state index in [1.165, 1.54) is 0 Å². The quantitative estimate of drug-likeness (QED) is 0.767. The molecular formula is C12H13Cl2NO. The van der Waals surface area contributed by atoms with Crippen LogP contribution in [-0.2, 0) is 4.79 Å². The maximum Gasteiger partial charge on any atom is 0.136 e. The van der Waals surface area contributed by atoms with Gasteiger partial charge in [0.15, 0.2) is 0 Å². The Morgan fingerprint density at radius 2 is 2.12 bits per heavy atom. The van der Waals surface area contributed by atoms with Crippen molar-refractivity contribution in [3.05, 3.63) is 28.2 Å². The summed E-state index contributed by atoms with van der Waals surface area (Å²) in [5.41, 5.74) is 0.925. The van der Waals surface area contributed by atoms with Crippen LogP contribution in [0.3, 0.4) is 0 Å². The summed E-state index contributed by atoms with van der Waals surface area (Å²) in [5.74, 6) is 0.321. The Labute approximate surface area is 105 Å². The van der Waals surface area contributed by atoms with E-state index in [2.05, 4.69) is 4.90 Å². The van der Waals surface area contributed by atoms with Gasteiger partial charge in [0, 0.05) is 25.4 Å². The minimum atomic E-state index is 0.192. The molecule has 2 rings (SSSR count). The zero-order valence-electron chi connectivity index (χ0n) is 9.04. The first kappa shape index (κ1) is 11.7. The minimum Gasteiger partial charge on any atom is -0.367 e. The van der Waals surface area contributed by atoms with Crippen molar-refractivity contribution >= 4 is 34.7 Å². The number of piperidine rings is 1. The fourth-order valence-corrected chi connectivity index (χ4v) is 2.48. The van der Waals surface area contributed by atoms with Crippen LogP contribution < -0.4 is 4.90 Å². The Morgan fingerprint density at radius 1 is 1.38 bits per heavy atom. The van der Waals surface area contributed by atoms with E-state index in [1.807, 2.05) is 19.1 Å². The molecule has 1 heterocycles. The number of anilines is 1. The molecule has 0 aromatic heterocycles. The number of halogens is 2. The molecule has 0 aliphatic carbocycles. The van der Waals surface area contributed by atoms with Crippen molar-refractivity contribution in [1.29, 1.82) is 0 Å². The molecule has 0 saturated carbocycles. The van der Waals surface area contributed by atoms with Crippen molar-refractivity contribution in [2.24, 2.45) is 0 Å². The average Bonchev–Trinajstić information content (AvgIpc) is 2.23. The molecule has 1 atom stereocenters. The summed E-state index contributed by atoms with van der Waals surface area (Å²) in [4.78, 5) is 13.5. The molecule has 1 fully saturated rings. The molecule has 0 spiro atoms. The lowest BCUT2D eigenvalue weighted by atomic mass is 10.0. The predicted octanol–water partition coefficient (Wildman–Crippen LogP) is 3.55. The summed E-state index contributed by atoms with van der Waals surface area (Å²) in [6.07, 6.45) is 1.18. The molecule has 1 aromatic rings. The first-order valence-electron chi connectivity index (χ1n) is 5.32. The van der Waals surface area contributed by atoms with Gasteiger partial charge in [-0.15, -0.1) is 0 Å². The maximum atomic E-state index is 11.3. The molecule has 1 aliphatic rings. The summed E-state index contributed by atoms with van der Waals surface area (Å²) in [5, 5.41) is 1.13. The predicted molar refractivity (Wildman–Crippen MR) is 67.5 cm³/mol. The van der Waals surface area contributed by atoms with Crippen LogP contribution in [0.25, 0.3) is 0 Å². The highest BCUT2D eigenvalue weighted by molar-refractivity contribution is 6.43. The molecule has 0 bridgehead atoms. The topological polar surface area (TPSA) is 20.3 Å². The van der Waals surface area contributed by atoms with Gasteiger partial charge in [0.1, 0.15) is 5.78 Å². The van der Waals surface area contributed by atoms with E-state index in [-0.39, 0.29) is 6.04 Å². The van der Waals surface area contributed by atoms with Crippen molar-refractivity contribution in [1.82, 2.24) is 0 Å².